The SMILES string of the molecule is CC(C)CC(C(=O)NCCCCC(NC(C)Cc1ccc(C(N)=O)c(CC(C(=O)NCCCCC(NC(C)C)C(=O)O)C(C)C)c1)C(=O)O)C(C)C. The second-order valence-electron chi connectivity index (χ2n) is 15.8. The van der Waals surface area contributed by atoms with E-state index in [1.54, 1.807) is 6.07 Å². The maximum Gasteiger partial charge on any atom is 0.320 e. The lowest BCUT2D eigenvalue weighted by Gasteiger charge is -2.23. The van der Waals surface area contributed by atoms with E-state index in [0.717, 1.165) is 12.0 Å². The van der Waals surface area contributed by atoms with Gasteiger partial charge < -0.3 is 37.2 Å². The Morgan fingerprint density at radius 1 is 0.673 bits per heavy atom. The van der Waals surface area contributed by atoms with E-state index < -0.39 is 35.8 Å². The fourth-order valence-electron chi connectivity index (χ4n) is 6.59. The van der Waals surface area contributed by atoms with Crippen molar-refractivity contribution < 1.29 is 34.2 Å². The number of benzene rings is 1. The average Bonchev–Trinajstić information content (AvgIpc) is 3.03. The first-order valence-corrected chi connectivity index (χ1v) is 19.3. The highest BCUT2D eigenvalue weighted by Crippen LogP contribution is 2.23. The fraction of sp³-hybridized carbons (Fsp3) is 0.725. The number of amides is 3. The topological polar surface area (TPSA) is 200 Å². The summed E-state index contributed by atoms with van der Waals surface area (Å²) in [6.45, 7) is 18.9. The quantitative estimate of drug-likeness (QED) is 0.0614. The number of hydrogen-bond acceptors (Lipinski definition) is 7. The average molecular weight is 732 g/mol. The zero-order valence-electron chi connectivity index (χ0n) is 33.2. The van der Waals surface area contributed by atoms with Gasteiger partial charge in [0.2, 0.25) is 17.7 Å². The molecule has 5 atom stereocenters. The normalized spacial score (nSPS) is 14.6. The first kappa shape index (κ1) is 46.5. The van der Waals surface area contributed by atoms with Gasteiger partial charge in [-0.15, -0.1) is 0 Å². The van der Waals surface area contributed by atoms with Crippen molar-refractivity contribution in [1.29, 1.82) is 0 Å². The molecule has 0 aliphatic heterocycles. The van der Waals surface area contributed by atoms with Crippen LogP contribution in [0, 0.1) is 29.6 Å². The van der Waals surface area contributed by atoms with Gasteiger partial charge in [-0.1, -0.05) is 67.5 Å². The van der Waals surface area contributed by atoms with Gasteiger partial charge in [0.15, 0.2) is 0 Å². The summed E-state index contributed by atoms with van der Waals surface area (Å²) in [4.78, 5) is 62.0. The number of carbonyl (C=O) groups is 5. The van der Waals surface area contributed by atoms with Gasteiger partial charge in [0, 0.05) is 42.6 Å². The Morgan fingerprint density at radius 3 is 1.62 bits per heavy atom. The van der Waals surface area contributed by atoms with Crippen LogP contribution in [0.3, 0.4) is 0 Å². The third-order valence-corrected chi connectivity index (χ3v) is 9.48. The van der Waals surface area contributed by atoms with Crippen molar-refractivity contribution in [1.82, 2.24) is 21.3 Å². The molecule has 3 amide bonds. The summed E-state index contributed by atoms with van der Waals surface area (Å²) in [5.74, 6) is -2.28. The Balaban J connectivity index is 2.81. The minimum absolute atomic E-state index is 0.0297. The van der Waals surface area contributed by atoms with Gasteiger partial charge in [-0.3, -0.25) is 24.0 Å². The summed E-state index contributed by atoms with van der Waals surface area (Å²) in [6, 6.07) is 3.84. The van der Waals surface area contributed by atoms with Crippen molar-refractivity contribution in [2.75, 3.05) is 13.1 Å². The van der Waals surface area contributed by atoms with Gasteiger partial charge in [0.1, 0.15) is 12.1 Å². The second kappa shape index (κ2) is 23.9. The van der Waals surface area contributed by atoms with Crippen LogP contribution < -0.4 is 27.0 Å². The minimum Gasteiger partial charge on any atom is -0.480 e. The van der Waals surface area contributed by atoms with E-state index in [-0.39, 0.29) is 41.7 Å². The highest BCUT2D eigenvalue weighted by Gasteiger charge is 2.26. The Bertz CT molecular complexity index is 1280. The Labute approximate surface area is 312 Å². The molecule has 1 rings (SSSR count). The third-order valence-electron chi connectivity index (χ3n) is 9.48. The monoisotopic (exact) mass is 732 g/mol. The number of nitrogens with two attached hydrogens (primary N) is 1. The lowest BCUT2D eigenvalue weighted by Crippen LogP contribution is -2.43. The summed E-state index contributed by atoms with van der Waals surface area (Å²) in [5.41, 5.74) is 7.63. The molecule has 0 radical (unpaired) electrons. The van der Waals surface area contributed by atoms with Gasteiger partial charge in [0.25, 0.3) is 0 Å². The second-order valence-corrected chi connectivity index (χ2v) is 15.8. The molecule has 0 aliphatic carbocycles. The molecule has 0 heterocycles. The molecule has 1 aromatic rings. The van der Waals surface area contributed by atoms with Crippen LogP contribution in [0.2, 0.25) is 0 Å². The van der Waals surface area contributed by atoms with E-state index in [0.29, 0.717) is 81.5 Å². The minimum atomic E-state index is -0.933. The number of hydrogen-bond donors (Lipinski definition) is 7. The molecule has 1 aromatic carbocycles. The van der Waals surface area contributed by atoms with Crippen LogP contribution in [0.4, 0.5) is 0 Å². The molecule has 0 bridgehead atoms. The van der Waals surface area contributed by atoms with Crippen molar-refractivity contribution in [2.24, 2.45) is 35.3 Å². The van der Waals surface area contributed by atoms with Gasteiger partial charge >= 0.3 is 11.9 Å². The highest BCUT2D eigenvalue weighted by molar-refractivity contribution is 5.94. The van der Waals surface area contributed by atoms with E-state index >= 15 is 0 Å². The van der Waals surface area contributed by atoms with Crippen LogP contribution in [0.5, 0.6) is 0 Å². The fourth-order valence-corrected chi connectivity index (χ4v) is 6.59. The Morgan fingerprint density at radius 2 is 1.17 bits per heavy atom. The van der Waals surface area contributed by atoms with Gasteiger partial charge in [-0.05, 0) is 99.7 Å². The number of primary amides is 1. The standard InChI is InChI=1S/C40H69N5O7/c1-24(2)20-32(25(3)4)37(47)42-18-13-11-15-35(40(51)52)45-28(9)21-29-16-17-31(36(41)46)30(22-29)23-33(26(5)6)38(48)43-19-12-10-14-34(39(49)50)44-27(7)8/h16-17,22,24-28,32-35,44-45H,10-15,18-21,23H2,1-9H3,(H2,41,46)(H,42,47)(H,43,48)(H,49,50)(H,51,52). The summed E-state index contributed by atoms with van der Waals surface area (Å²) in [5, 5.41) is 31.6. The molecule has 0 saturated carbocycles. The van der Waals surface area contributed by atoms with Gasteiger partial charge in [-0.2, -0.15) is 0 Å². The summed E-state index contributed by atoms with van der Waals surface area (Å²) >= 11 is 0. The van der Waals surface area contributed by atoms with Crippen molar-refractivity contribution in [3.05, 3.63) is 34.9 Å². The summed E-state index contributed by atoms with van der Waals surface area (Å²) in [6.07, 6.45) is 5.12. The molecule has 52 heavy (non-hydrogen) atoms. The van der Waals surface area contributed by atoms with E-state index in [1.807, 2.05) is 46.8 Å². The van der Waals surface area contributed by atoms with Crippen LogP contribution in [0.25, 0.3) is 0 Å². The molecular weight excluding hydrogens is 662 g/mol. The van der Waals surface area contributed by atoms with Crippen LogP contribution >= 0.6 is 0 Å². The molecule has 8 N–H and O–H groups in total. The maximum absolute atomic E-state index is 13.3. The van der Waals surface area contributed by atoms with Crippen LogP contribution in [0.1, 0.15) is 129 Å². The molecule has 296 valence electrons. The number of rotatable bonds is 27. The molecule has 12 heteroatoms. The summed E-state index contributed by atoms with van der Waals surface area (Å²) in [7, 11) is 0. The zero-order valence-corrected chi connectivity index (χ0v) is 33.2. The summed E-state index contributed by atoms with van der Waals surface area (Å²) < 4.78 is 0. The van der Waals surface area contributed by atoms with Crippen LogP contribution in [-0.4, -0.2) is 77.1 Å². The maximum atomic E-state index is 13.3. The van der Waals surface area contributed by atoms with E-state index in [9.17, 15) is 34.2 Å². The van der Waals surface area contributed by atoms with Crippen molar-refractivity contribution in [2.45, 2.75) is 144 Å². The highest BCUT2D eigenvalue weighted by atomic mass is 16.4. The number of carbonyl (C=O) groups excluding carboxylic acids is 3. The predicted molar refractivity (Wildman–Crippen MR) is 206 cm³/mol. The molecule has 0 spiro atoms. The molecule has 0 aromatic heterocycles. The van der Waals surface area contributed by atoms with E-state index in [2.05, 4.69) is 49.0 Å². The molecule has 5 unspecified atom stereocenters. The first-order chi connectivity index (χ1) is 24.3. The number of carboxylic acids is 2. The lowest BCUT2D eigenvalue weighted by molar-refractivity contribution is -0.140. The van der Waals surface area contributed by atoms with Crippen molar-refractivity contribution in [3.8, 4) is 0 Å². The van der Waals surface area contributed by atoms with Crippen molar-refractivity contribution >= 4 is 29.7 Å². The Hall–Kier alpha value is -3.51. The van der Waals surface area contributed by atoms with Gasteiger partial charge in [-0.25, -0.2) is 0 Å². The molecule has 12 nitrogen and oxygen atoms in total. The number of nitrogens with one attached hydrogen (secondary N) is 4. The molecule has 0 aliphatic rings. The number of aliphatic carboxylic acids is 2. The van der Waals surface area contributed by atoms with Crippen LogP contribution in [0.15, 0.2) is 18.2 Å². The molecule has 0 saturated heterocycles. The predicted octanol–water partition coefficient (Wildman–Crippen LogP) is 4.92. The number of carboxylic acid groups (broad SMARTS) is 2. The Kier molecular flexibility index (Phi) is 21.4. The van der Waals surface area contributed by atoms with Crippen LogP contribution in [-0.2, 0) is 32.0 Å². The largest absolute Gasteiger partial charge is 0.480 e. The first-order valence-electron chi connectivity index (χ1n) is 19.3. The van der Waals surface area contributed by atoms with Crippen molar-refractivity contribution in [3.63, 3.8) is 0 Å². The molecule has 0 fully saturated rings. The lowest BCUT2D eigenvalue weighted by atomic mass is 9.85. The van der Waals surface area contributed by atoms with Gasteiger partial charge in [0.05, 0.1) is 0 Å². The van der Waals surface area contributed by atoms with E-state index in [4.69, 9.17) is 5.73 Å². The van der Waals surface area contributed by atoms with E-state index in [1.165, 1.54) is 0 Å². The third kappa shape index (κ3) is 17.8. The zero-order chi connectivity index (χ0) is 39.5. The number of unbranched alkanes of at least 4 members (excludes halogenated alkanes) is 2. The smallest absolute Gasteiger partial charge is 0.320 e. The molecular formula is C40H69N5O7.